The van der Waals surface area contributed by atoms with E-state index in [2.05, 4.69) is 10.00 Å². The number of carbonyl (C=O) groups excluding carboxylic acids is 1. The van der Waals surface area contributed by atoms with Gasteiger partial charge in [0.25, 0.3) is 5.91 Å². The number of piperidine rings is 1. The first-order chi connectivity index (χ1) is 12.6. The van der Waals surface area contributed by atoms with Crippen LogP contribution in [0.25, 0.3) is 0 Å². The SMILES string of the molecule is Cn1nccc1C(=O)N1CC[C@@](O)(c2ccccc2)[C@H](N2CCCC2)C1. The molecule has 1 amide bonds. The molecule has 2 atom stereocenters. The van der Waals surface area contributed by atoms with E-state index in [4.69, 9.17) is 0 Å². The zero-order valence-electron chi connectivity index (χ0n) is 15.2. The summed E-state index contributed by atoms with van der Waals surface area (Å²) in [5.41, 5.74) is 0.620. The number of likely N-dealkylation sites (tertiary alicyclic amines) is 2. The fourth-order valence-corrected chi connectivity index (χ4v) is 4.39. The molecule has 0 saturated carbocycles. The molecule has 2 aliphatic rings. The molecule has 3 heterocycles. The van der Waals surface area contributed by atoms with Crippen LogP contribution in [0.4, 0.5) is 0 Å². The van der Waals surface area contributed by atoms with Gasteiger partial charge in [0.15, 0.2) is 0 Å². The van der Waals surface area contributed by atoms with Crippen LogP contribution in [-0.2, 0) is 12.6 Å². The maximum absolute atomic E-state index is 13.0. The van der Waals surface area contributed by atoms with Crippen molar-refractivity contribution in [1.29, 1.82) is 0 Å². The van der Waals surface area contributed by atoms with Crippen molar-refractivity contribution in [1.82, 2.24) is 19.6 Å². The summed E-state index contributed by atoms with van der Waals surface area (Å²) in [6.07, 6.45) is 4.49. The fourth-order valence-electron chi connectivity index (χ4n) is 4.39. The number of hydrogen-bond donors (Lipinski definition) is 1. The van der Waals surface area contributed by atoms with E-state index in [0.717, 1.165) is 31.5 Å². The Hall–Kier alpha value is -2.18. The summed E-state index contributed by atoms with van der Waals surface area (Å²) in [4.78, 5) is 17.2. The Bertz CT molecular complexity index is 769. The minimum absolute atomic E-state index is 0.00990. The number of aliphatic hydroxyl groups is 1. The van der Waals surface area contributed by atoms with E-state index in [1.807, 2.05) is 35.2 Å². The molecular weight excluding hydrogens is 328 g/mol. The van der Waals surface area contributed by atoms with E-state index < -0.39 is 5.60 Å². The number of amides is 1. The molecule has 26 heavy (non-hydrogen) atoms. The number of benzene rings is 1. The molecule has 6 heteroatoms. The summed E-state index contributed by atoms with van der Waals surface area (Å²) >= 11 is 0. The molecule has 0 unspecified atom stereocenters. The summed E-state index contributed by atoms with van der Waals surface area (Å²) in [7, 11) is 1.79. The lowest BCUT2D eigenvalue weighted by molar-refractivity contribution is -0.0879. The monoisotopic (exact) mass is 354 g/mol. The predicted molar refractivity (Wildman–Crippen MR) is 98.7 cm³/mol. The van der Waals surface area contributed by atoms with Crippen LogP contribution in [0.2, 0.25) is 0 Å². The largest absolute Gasteiger partial charge is 0.383 e. The van der Waals surface area contributed by atoms with Gasteiger partial charge >= 0.3 is 0 Å². The first-order valence-electron chi connectivity index (χ1n) is 9.39. The van der Waals surface area contributed by atoms with Crippen molar-refractivity contribution in [2.45, 2.75) is 30.9 Å². The number of carbonyl (C=O) groups is 1. The molecule has 1 aromatic carbocycles. The summed E-state index contributed by atoms with van der Waals surface area (Å²) < 4.78 is 1.62. The van der Waals surface area contributed by atoms with Gasteiger partial charge in [-0.1, -0.05) is 30.3 Å². The Kier molecular flexibility index (Phi) is 4.54. The minimum atomic E-state index is -0.922. The molecule has 0 aliphatic carbocycles. The molecule has 0 spiro atoms. The van der Waals surface area contributed by atoms with Gasteiger partial charge in [0.05, 0.1) is 6.04 Å². The van der Waals surface area contributed by atoms with Crippen LogP contribution in [0.3, 0.4) is 0 Å². The van der Waals surface area contributed by atoms with E-state index in [0.29, 0.717) is 25.2 Å². The topological polar surface area (TPSA) is 61.6 Å². The van der Waals surface area contributed by atoms with Gasteiger partial charge in [-0.3, -0.25) is 14.4 Å². The maximum Gasteiger partial charge on any atom is 0.272 e. The fraction of sp³-hybridized carbons (Fsp3) is 0.500. The van der Waals surface area contributed by atoms with Crippen LogP contribution < -0.4 is 0 Å². The Morgan fingerprint density at radius 2 is 1.88 bits per heavy atom. The quantitative estimate of drug-likeness (QED) is 0.910. The van der Waals surface area contributed by atoms with Crippen LogP contribution in [0.1, 0.15) is 35.3 Å². The van der Waals surface area contributed by atoms with E-state index in [1.165, 1.54) is 0 Å². The first kappa shape index (κ1) is 17.2. The van der Waals surface area contributed by atoms with Gasteiger partial charge in [-0.15, -0.1) is 0 Å². The molecule has 6 nitrogen and oxygen atoms in total. The molecule has 2 aliphatic heterocycles. The van der Waals surface area contributed by atoms with Crippen molar-refractivity contribution in [2.24, 2.45) is 7.05 Å². The molecule has 2 saturated heterocycles. The van der Waals surface area contributed by atoms with Crippen LogP contribution in [0, 0.1) is 0 Å². The van der Waals surface area contributed by atoms with Gasteiger partial charge in [0.2, 0.25) is 0 Å². The predicted octanol–water partition coefficient (Wildman–Crippen LogP) is 1.62. The maximum atomic E-state index is 13.0. The van der Waals surface area contributed by atoms with Gasteiger partial charge in [0, 0.05) is 26.3 Å². The zero-order valence-corrected chi connectivity index (χ0v) is 15.2. The second kappa shape index (κ2) is 6.85. The normalized spacial score (nSPS) is 27.0. The lowest BCUT2D eigenvalue weighted by Gasteiger charge is -2.48. The highest BCUT2D eigenvalue weighted by atomic mass is 16.3. The number of aromatic nitrogens is 2. The van der Waals surface area contributed by atoms with E-state index >= 15 is 0 Å². The van der Waals surface area contributed by atoms with Crippen molar-refractivity contribution in [3.63, 3.8) is 0 Å². The Morgan fingerprint density at radius 3 is 2.54 bits per heavy atom. The molecule has 138 valence electrons. The van der Waals surface area contributed by atoms with Crippen LogP contribution >= 0.6 is 0 Å². The number of rotatable bonds is 3. The van der Waals surface area contributed by atoms with Crippen LogP contribution in [-0.4, -0.2) is 62.8 Å². The highest BCUT2D eigenvalue weighted by Gasteiger charge is 2.47. The third-order valence-electron chi connectivity index (χ3n) is 5.89. The highest BCUT2D eigenvalue weighted by Crippen LogP contribution is 2.37. The second-order valence-corrected chi connectivity index (χ2v) is 7.39. The smallest absolute Gasteiger partial charge is 0.272 e. The molecule has 0 bridgehead atoms. The summed E-state index contributed by atoms with van der Waals surface area (Å²) in [5, 5.41) is 15.8. The van der Waals surface area contributed by atoms with Crippen molar-refractivity contribution < 1.29 is 9.90 Å². The summed E-state index contributed by atoms with van der Waals surface area (Å²) in [5.74, 6) is -0.00990. The van der Waals surface area contributed by atoms with Gasteiger partial charge < -0.3 is 10.0 Å². The average molecular weight is 354 g/mol. The molecule has 1 aromatic heterocycles. The Labute approximate surface area is 154 Å². The summed E-state index contributed by atoms with van der Waals surface area (Å²) in [6.45, 7) is 3.04. The van der Waals surface area contributed by atoms with E-state index in [9.17, 15) is 9.90 Å². The molecule has 0 radical (unpaired) electrons. The van der Waals surface area contributed by atoms with Crippen molar-refractivity contribution in [3.05, 3.63) is 53.9 Å². The number of aryl methyl sites for hydroxylation is 1. The Morgan fingerprint density at radius 1 is 1.15 bits per heavy atom. The van der Waals surface area contributed by atoms with Gasteiger partial charge in [-0.05, 0) is 44.0 Å². The first-order valence-corrected chi connectivity index (χ1v) is 9.39. The van der Waals surface area contributed by atoms with Crippen LogP contribution in [0.5, 0.6) is 0 Å². The van der Waals surface area contributed by atoms with Gasteiger partial charge in [0.1, 0.15) is 11.3 Å². The molecule has 2 fully saturated rings. The summed E-state index contributed by atoms with van der Waals surface area (Å²) in [6, 6.07) is 11.6. The second-order valence-electron chi connectivity index (χ2n) is 7.39. The molecule has 1 N–H and O–H groups in total. The zero-order chi connectivity index (χ0) is 18.1. The van der Waals surface area contributed by atoms with Crippen molar-refractivity contribution in [3.8, 4) is 0 Å². The average Bonchev–Trinajstić information content (AvgIpc) is 3.34. The van der Waals surface area contributed by atoms with Gasteiger partial charge in [-0.2, -0.15) is 5.10 Å². The van der Waals surface area contributed by atoms with Crippen molar-refractivity contribution in [2.75, 3.05) is 26.2 Å². The van der Waals surface area contributed by atoms with Crippen molar-refractivity contribution >= 4 is 5.91 Å². The standard InChI is InChI=1S/C20H26N4O2/c1-22-17(9-11-21-22)19(25)24-14-10-20(26,16-7-3-2-4-8-16)18(15-24)23-12-5-6-13-23/h2-4,7-9,11,18,26H,5-6,10,12-15H2,1H3/t18-,20-/m1/s1. The lowest BCUT2D eigenvalue weighted by Crippen LogP contribution is -2.61. The third kappa shape index (κ3) is 2.93. The van der Waals surface area contributed by atoms with E-state index in [-0.39, 0.29) is 11.9 Å². The molecule has 2 aromatic rings. The molecular formula is C20H26N4O2. The van der Waals surface area contributed by atoms with E-state index in [1.54, 1.807) is 24.0 Å². The van der Waals surface area contributed by atoms with Crippen LogP contribution in [0.15, 0.2) is 42.6 Å². The van der Waals surface area contributed by atoms with Gasteiger partial charge in [-0.25, -0.2) is 0 Å². The highest BCUT2D eigenvalue weighted by molar-refractivity contribution is 5.92. The number of nitrogens with zero attached hydrogens (tertiary/aromatic N) is 4. The third-order valence-corrected chi connectivity index (χ3v) is 5.89. The Balaban J connectivity index is 1.63. The lowest BCUT2D eigenvalue weighted by atomic mass is 9.79. The number of hydrogen-bond acceptors (Lipinski definition) is 4. The minimum Gasteiger partial charge on any atom is -0.383 e. The molecule has 4 rings (SSSR count).